The van der Waals surface area contributed by atoms with Gasteiger partial charge in [0, 0.05) is 29.4 Å². The summed E-state index contributed by atoms with van der Waals surface area (Å²) in [4.78, 5) is 10.9. The lowest BCUT2D eigenvalue weighted by molar-refractivity contribution is 0.173. The molecule has 5 nitrogen and oxygen atoms in total. The number of dihydropyridines is 1. The van der Waals surface area contributed by atoms with E-state index in [0.717, 1.165) is 37.7 Å². The summed E-state index contributed by atoms with van der Waals surface area (Å²) in [5.74, 6) is 4.43. The van der Waals surface area contributed by atoms with Gasteiger partial charge in [-0.1, -0.05) is 80.5 Å². The monoisotopic (exact) mass is 782 g/mol. The number of nitrogens with one attached hydrogen (secondary N) is 1. The first-order valence-corrected chi connectivity index (χ1v) is 23.8. The normalized spacial score (nSPS) is 35.1. The molecule has 0 spiro atoms. The van der Waals surface area contributed by atoms with Gasteiger partial charge in [-0.05, 0) is 184 Å². The number of rotatable bonds is 6. The number of nitriles is 1. The van der Waals surface area contributed by atoms with Crippen molar-refractivity contribution >= 4 is 11.8 Å². The number of fused-ring (bicyclic) bond motifs is 4. The van der Waals surface area contributed by atoms with Gasteiger partial charge in [-0.15, -0.1) is 0 Å². The average Bonchev–Trinajstić information content (AvgIpc) is 3.82. The van der Waals surface area contributed by atoms with Crippen LogP contribution in [0.1, 0.15) is 134 Å². The maximum absolute atomic E-state index is 10.3. The first-order chi connectivity index (χ1) is 29.2. The Labute approximate surface area is 353 Å². The fourth-order valence-corrected chi connectivity index (χ4v) is 13.9. The molecule has 9 atom stereocenters. The first-order valence-electron chi connectivity index (χ1n) is 23.8. The lowest BCUT2D eigenvalue weighted by atomic mass is 9.63. The Hall–Kier alpha value is -4.56. The van der Waals surface area contributed by atoms with E-state index >= 15 is 0 Å². The maximum Gasteiger partial charge on any atom is 0.132 e. The van der Waals surface area contributed by atoms with Crippen molar-refractivity contribution in [3.8, 4) is 6.07 Å². The molecule has 59 heavy (non-hydrogen) atoms. The number of hydrogen-bond donors (Lipinski definition) is 1. The molecule has 5 heteroatoms. The summed E-state index contributed by atoms with van der Waals surface area (Å²) in [7, 11) is 0. The second-order valence-electron chi connectivity index (χ2n) is 19.4. The molecule has 1 aromatic rings. The van der Waals surface area contributed by atoms with E-state index in [4.69, 9.17) is 4.99 Å². The summed E-state index contributed by atoms with van der Waals surface area (Å²) in [6.07, 6.45) is 47.0. The second kappa shape index (κ2) is 15.8. The molecule has 1 fully saturated rings. The zero-order chi connectivity index (χ0) is 39.5. The zero-order valence-electron chi connectivity index (χ0n) is 35.3. The zero-order valence-corrected chi connectivity index (χ0v) is 35.3. The number of nitrogens with zero attached hydrogens (tertiary/aromatic N) is 4. The smallest absolute Gasteiger partial charge is 0.132 e. The molecule has 1 N–H and O–H groups in total. The molecule has 11 rings (SSSR count). The van der Waals surface area contributed by atoms with Crippen molar-refractivity contribution in [1.82, 2.24) is 15.1 Å². The number of allylic oxidation sites excluding steroid dienone is 13. The first kappa shape index (κ1) is 37.4. The van der Waals surface area contributed by atoms with Crippen LogP contribution in [0.3, 0.4) is 0 Å². The Morgan fingerprint density at radius 2 is 1.71 bits per heavy atom. The van der Waals surface area contributed by atoms with Crippen molar-refractivity contribution in [2.45, 2.75) is 141 Å². The highest BCUT2D eigenvalue weighted by molar-refractivity contribution is 5.78. The minimum Gasteiger partial charge on any atom is -0.348 e. The summed E-state index contributed by atoms with van der Waals surface area (Å²) in [6.45, 7) is 2.41. The van der Waals surface area contributed by atoms with Crippen molar-refractivity contribution in [2.24, 2.45) is 40.5 Å². The quantitative estimate of drug-likeness (QED) is 0.292. The van der Waals surface area contributed by atoms with E-state index in [1.165, 1.54) is 100 Å². The van der Waals surface area contributed by atoms with Crippen molar-refractivity contribution in [3.05, 3.63) is 135 Å². The van der Waals surface area contributed by atoms with Gasteiger partial charge in [0.05, 0.1) is 17.7 Å². The van der Waals surface area contributed by atoms with Crippen LogP contribution in [0, 0.1) is 46.8 Å². The maximum atomic E-state index is 10.3. The molecule has 0 saturated heterocycles. The van der Waals surface area contributed by atoms with Crippen LogP contribution in [0.25, 0.3) is 5.57 Å². The Morgan fingerprint density at radius 3 is 2.66 bits per heavy atom. The highest BCUT2D eigenvalue weighted by Gasteiger charge is 2.48. The van der Waals surface area contributed by atoms with E-state index in [1.54, 1.807) is 39.3 Å². The number of hydrogen-bond acceptors (Lipinski definition) is 5. The van der Waals surface area contributed by atoms with E-state index in [9.17, 15) is 5.26 Å². The van der Waals surface area contributed by atoms with Gasteiger partial charge in [0.1, 0.15) is 18.2 Å². The van der Waals surface area contributed by atoms with Crippen LogP contribution >= 0.6 is 0 Å². The second-order valence-corrected chi connectivity index (χ2v) is 19.4. The Kier molecular flexibility index (Phi) is 10.0. The highest BCUT2D eigenvalue weighted by atomic mass is 15.4. The predicted octanol–water partition coefficient (Wildman–Crippen LogP) is 12.3. The van der Waals surface area contributed by atoms with Crippen LogP contribution in [0.4, 0.5) is 0 Å². The third-order valence-corrected chi connectivity index (χ3v) is 16.4. The molecule has 0 aromatic heterocycles. The summed E-state index contributed by atoms with van der Waals surface area (Å²) in [5.41, 5.74) is 14.6. The molecule has 304 valence electrons. The van der Waals surface area contributed by atoms with Gasteiger partial charge in [-0.3, -0.25) is 4.99 Å². The lowest BCUT2D eigenvalue weighted by Crippen LogP contribution is -2.52. The fourth-order valence-electron chi connectivity index (χ4n) is 13.9. The summed E-state index contributed by atoms with van der Waals surface area (Å²) in [5, 5.41) is 14.6. The molecule has 0 bridgehead atoms. The summed E-state index contributed by atoms with van der Waals surface area (Å²) < 4.78 is 0. The molecule has 4 heterocycles. The third kappa shape index (κ3) is 6.42. The van der Waals surface area contributed by atoms with Gasteiger partial charge in [0.25, 0.3) is 0 Å². The van der Waals surface area contributed by atoms with Crippen LogP contribution in [0.5, 0.6) is 0 Å². The van der Waals surface area contributed by atoms with Gasteiger partial charge in [-0.2, -0.15) is 5.26 Å². The van der Waals surface area contributed by atoms with E-state index in [-0.39, 0.29) is 12.3 Å². The molecule has 1 saturated carbocycles. The minimum atomic E-state index is 0.110. The van der Waals surface area contributed by atoms with Crippen LogP contribution in [0.2, 0.25) is 0 Å². The summed E-state index contributed by atoms with van der Waals surface area (Å²) in [6, 6.07) is 11.4. The van der Waals surface area contributed by atoms with Crippen LogP contribution in [-0.2, 0) is 0 Å². The number of benzene rings is 1. The molecule has 10 aliphatic rings. The van der Waals surface area contributed by atoms with E-state index < -0.39 is 0 Å². The van der Waals surface area contributed by atoms with Crippen molar-refractivity contribution < 1.29 is 0 Å². The van der Waals surface area contributed by atoms with Gasteiger partial charge in [0.2, 0.25) is 0 Å². The lowest BCUT2D eigenvalue weighted by Gasteiger charge is -2.46. The van der Waals surface area contributed by atoms with Crippen molar-refractivity contribution in [2.75, 3.05) is 0 Å². The number of aliphatic imine (C=N–C) groups is 1. The molecule has 6 aliphatic carbocycles. The van der Waals surface area contributed by atoms with Gasteiger partial charge < -0.3 is 15.1 Å². The van der Waals surface area contributed by atoms with E-state index in [1.807, 2.05) is 12.1 Å². The molecule has 1 aromatic carbocycles. The molecular weight excluding hydrogens is 719 g/mol. The minimum absolute atomic E-state index is 0.110. The largest absolute Gasteiger partial charge is 0.348 e. The third-order valence-electron chi connectivity index (χ3n) is 16.4. The van der Waals surface area contributed by atoms with E-state index in [0.29, 0.717) is 41.5 Å². The predicted molar refractivity (Wildman–Crippen MR) is 240 cm³/mol. The highest BCUT2D eigenvalue weighted by Crippen LogP contribution is 2.53. The van der Waals surface area contributed by atoms with Gasteiger partial charge in [0.15, 0.2) is 0 Å². The Balaban J connectivity index is 1.02. The topological polar surface area (TPSA) is 54.7 Å². The molecule has 9 unspecified atom stereocenters. The van der Waals surface area contributed by atoms with E-state index in [2.05, 4.69) is 101 Å². The standard InChI is InChI=1S/C54H63N5/c1-35-16-14-26-46(53(35)39-19-3-2-17-36(39)34-55)42-22-7-6-21-41(42)40-20-5-4-18-38(40)37-32-51(58-48-28-11-8-23-43(48)44-24-9-12-29-49(44)58)57-52(33-37)59-50-30-13-10-25-45(50)47-27-15-31-56-54(47)59/h2-3,6-8,12,17,19,22-23,29,31-33,35,38,40-41,44,47,49,51,54,57H,4-5,9-11,13-16,18,20-21,24-28,30H2,1H3. The van der Waals surface area contributed by atoms with Gasteiger partial charge >= 0.3 is 0 Å². The van der Waals surface area contributed by atoms with Crippen LogP contribution in [0.15, 0.2) is 129 Å². The van der Waals surface area contributed by atoms with Crippen LogP contribution in [-0.4, -0.2) is 34.4 Å². The van der Waals surface area contributed by atoms with Crippen LogP contribution < -0.4 is 5.32 Å². The van der Waals surface area contributed by atoms with Crippen molar-refractivity contribution in [3.63, 3.8) is 0 Å². The average molecular weight is 782 g/mol. The summed E-state index contributed by atoms with van der Waals surface area (Å²) >= 11 is 0. The fraction of sp³-hybridized carbons (Fsp3) is 0.519. The van der Waals surface area contributed by atoms with Gasteiger partial charge in [-0.25, -0.2) is 0 Å². The Bertz CT molecular complexity index is 2230. The van der Waals surface area contributed by atoms with Crippen molar-refractivity contribution in [1.29, 1.82) is 5.26 Å². The molecule has 4 aliphatic heterocycles. The Morgan fingerprint density at radius 1 is 0.814 bits per heavy atom. The molecule has 0 amide bonds. The SMILES string of the molecule is CC1CCCC(C2=CC=CCC2C2CCCCC2C2=CC(N3C4=C(C=CCC4)C4CCC=CC43)NC(N3C4=C(CCCC4)C4CCC=NC43)=C2)=C1c1ccccc1C#N. The molecular formula is C54H63N5. The molecule has 0 radical (unpaired) electrons.